The second-order valence-electron chi connectivity index (χ2n) is 7.80. The van der Waals surface area contributed by atoms with Crippen LogP contribution in [0.4, 0.5) is 4.79 Å². The minimum Gasteiger partial charge on any atom is -0.462 e. The van der Waals surface area contributed by atoms with Crippen LogP contribution < -0.4 is 5.32 Å². The molecular formula is C19H31NO5S. The molecule has 3 heterocycles. The van der Waals surface area contributed by atoms with Crippen molar-refractivity contribution in [1.29, 1.82) is 0 Å². The molecule has 0 spiro atoms. The highest BCUT2D eigenvalue weighted by Crippen LogP contribution is 2.36. The van der Waals surface area contributed by atoms with E-state index in [9.17, 15) is 14.7 Å². The Bertz CT molecular complexity index is 502. The van der Waals surface area contributed by atoms with E-state index in [1.807, 2.05) is 0 Å². The second-order valence-corrected chi connectivity index (χ2v) is 8.79. The number of thioether (sulfide) groups is 1. The fourth-order valence-corrected chi connectivity index (χ4v) is 5.04. The summed E-state index contributed by atoms with van der Waals surface area (Å²) in [5, 5.41) is 13.7. The Kier molecular flexibility index (Phi) is 7.23. The van der Waals surface area contributed by atoms with Crippen molar-refractivity contribution in [2.45, 2.75) is 101 Å². The van der Waals surface area contributed by atoms with Crippen LogP contribution in [-0.2, 0) is 14.3 Å². The molecule has 0 aliphatic carbocycles. The van der Waals surface area contributed by atoms with Gasteiger partial charge in [0.25, 0.3) is 5.24 Å². The van der Waals surface area contributed by atoms with Crippen molar-refractivity contribution in [3.8, 4) is 0 Å². The van der Waals surface area contributed by atoms with Crippen molar-refractivity contribution in [2.75, 3.05) is 5.75 Å². The fraction of sp³-hybridized carbons (Fsp3) is 0.895. The van der Waals surface area contributed by atoms with E-state index in [1.165, 1.54) is 32.1 Å². The third kappa shape index (κ3) is 5.60. The summed E-state index contributed by atoms with van der Waals surface area (Å²) < 4.78 is 11.7. The lowest BCUT2D eigenvalue weighted by Gasteiger charge is -2.43. The number of ether oxygens (including phenoxy) is 2. The standard InChI is InChI=1S/C19H31NO5S/c21-17-10-8-6-4-2-1-3-5-7-9-14-11-15(24-17)12-19(23,25-14)16-13-26-18(22)20-16/h14-16,23H,1-13H2,(H,20,22)/t14?,15-,16+,19-/m1/s1. The number of carbonyl (C=O) groups excluding carboxylic acids is 2. The van der Waals surface area contributed by atoms with Gasteiger partial charge in [0.1, 0.15) is 6.10 Å². The van der Waals surface area contributed by atoms with Crippen LogP contribution in [0.25, 0.3) is 0 Å². The predicted octanol–water partition coefficient (Wildman–Crippen LogP) is 3.51. The fourth-order valence-electron chi connectivity index (χ4n) is 4.15. The SMILES string of the molecule is O=C1CCCCCCCCCCC2C[C@H](C[C@](O)([C@@H]3CSC(=O)N3)O2)O1. The highest BCUT2D eigenvalue weighted by molar-refractivity contribution is 8.14. The van der Waals surface area contributed by atoms with Crippen LogP contribution in [0.15, 0.2) is 0 Å². The Morgan fingerprint density at radius 2 is 1.69 bits per heavy atom. The molecule has 1 unspecified atom stereocenters. The van der Waals surface area contributed by atoms with Gasteiger partial charge < -0.3 is 19.9 Å². The molecule has 0 radical (unpaired) electrons. The van der Waals surface area contributed by atoms with Gasteiger partial charge in [0.2, 0.25) is 0 Å². The molecule has 4 atom stereocenters. The van der Waals surface area contributed by atoms with Crippen LogP contribution in [-0.4, -0.2) is 46.1 Å². The van der Waals surface area contributed by atoms with E-state index in [1.54, 1.807) is 0 Å². The van der Waals surface area contributed by atoms with Gasteiger partial charge >= 0.3 is 5.97 Å². The molecule has 0 saturated carbocycles. The van der Waals surface area contributed by atoms with E-state index in [2.05, 4.69) is 5.32 Å². The summed E-state index contributed by atoms with van der Waals surface area (Å²) >= 11 is 1.16. The molecule has 7 heteroatoms. The first kappa shape index (κ1) is 20.0. The summed E-state index contributed by atoms with van der Waals surface area (Å²) in [5.41, 5.74) is 0. The summed E-state index contributed by atoms with van der Waals surface area (Å²) in [6.07, 6.45) is 10.7. The Balaban J connectivity index is 1.66. The zero-order chi connectivity index (χ0) is 18.4. The third-order valence-electron chi connectivity index (χ3n) is 5.59. The highest BCUT2D eigenvalue weighted by atomic mass is 32.2. The van der Waals surface area contributed by atoms with Crippen molar-refractivity contribution in [3.05, 3.63) is 0 Å². The van der Waals surface area contributed by atoms with E-state index in [0.717, 1.165) is 37.4 Å². The molecule has 3 rings (SSSR count). The highest BCUT2D eigenvalue weighted by Gasteiger charge is 2.49. The number of hydrogen-bond acceptors (Lipinski definition) is 6. The number of aliphatic hydroxyl groups is 1. The smallest absolute Gasteiger partial charge is 0.306 e. The maximum Gasteiger partial charge on any atom is 0.306 e. The summed E-state index contributed by atoms with van der Waals surface area (Å²) in [4.78, 5) is 23.7. The molecule has 3 aliphatic heterocycles. The number of hydrogen-bond donors (Lipinski definition) is 2. The van der Waals surface area contributed by atoms with Gasteiger partial charge in [-0.2, -0.15) is 0 Å². The molecule has 0 aromatic rings. The Morgan fingerprint density at radius 3 is 2.38 bits per heavy atom. The molecule has 2 N–H and O–H groups in total. The molecule has 3 fully saturated rings. The number of amides is 1. The predicted molar refractivity (Wildman–Crippen MR) is 99.9 cm³/mol. The van der Waals surface area contributed by atoms with Crippen LogP contribution in [0.2, 0.25) is 0 Å². The lowest BCUT2D eigenvalue weighted by molar-refractivity contribution is -0.284. The van der Waals surface area contributed by atoms with Crippen LogP contribution in [0.3, 0.4) is 0 Å². The van der Waals surface area contributed by atoms with Gasteiger partial charge in [-0.25, -0.2) is 0 Å². The molecule has 3 aliphatic rings. The summed E-state index contributed by atoms with van der Waals surface area (Å²) in [6.45, 7) is 0. The molecule has 0 aromatic carbocycles. The van der Waals surface area contributed by atoms with E-state index in [0.29, 0.717) is 18.6 Å². The number of nitrogens with one attached hydrogen (secondary N) is 1. The first-order valence-electron chi connectivity index (χ1n) is 10.1. The number of fused-ring (bicyclic) bond motifs is 2. The summed E-state index contributed by atoms with van der Waals surface area (Å²) in [6, 6.07) is -0.453. The first-order valence-corrected chi connectivity index (χ1v) is 11.1. The van der Waals surface area contributed by atoms with E-state index in [4.69, 9.17) is 9.47 Å². The Morgan fingerprint density at radius 1 is 1.00 bits per heavy atom. The van der Waals surface area contributed by atoms with Crippen molar-refractivity contribution >= 4 is 23.0 Å². The zero-order valence-electron chi connectivity index (χ0n) is 15.4. The molecular weight excluding hydrogens is 354 g/mol. The third-order valence-corrected chi connectivity index (χ3v) is 6.47. The van der Waals surface area contributed by atoms with Gasteiger partial charge in [0.05, 0.1) is 12.1 Å². The van der Waals surface area contributed by atoms with Crippen molar-refractivity contribution in [1.82, 2.24) is 5.32 Å². The lowest BCUT2D eigenvalue weighted by Crippen LogP contribution is -2.58. The van der Waals surface area contributed by atoms with Gasteiger partial charge in [-0.15, -0.1) is 0 Å². The van der Waals surface area contributed by atoms with Crippen LogP contribution >= 0.6 is 11.8 Å². The molecule has 6 nitrogen and oxygen atoms in total. The van der Waals surface area contributed by atoms with Crippen molar-refractivity contribution in [2.24, 2.45) is 0 Å². The van der Waals surface area contributed by atoms with Gasteiger partial charge in [0, 0.05) is 25.0 Å². The van der Waals surface area contributed by atoms with Crippen molar-refractivity contribution < 1.29 is 24.2 Å². The molecule has 2 bridgehead atoms. The lowest BCUT2D eigenvalue weighted by atomic mass is 9.91. The average Bonchev–Trinajstić information content (AvgIpc) is 3.02. The molecule has 3 saturated heterocycles. The molecule has 1 amide bonds. The van der Waals surface area contributed by atoms with E-state index in [-0.39, 0.29) is 29.8 Å². The van der Waals surface area contributed by atoms with Gasteiger partial charge in [-0.3, -0.25) is 9.59 Å². The largest absolute Gasteiger partial charge is 0.462 e. The van der Waals surface area contributed by atoms with Gasteiger partial charge in [-0.05, 0) is 12.8 Å². The van der Waals surface area contributed by atoms with Crippen LogP contribution in [0.5, 0.6) is 0 Å². The van der Waals surface area contributed by atoms with Gasteiger partial charge in [-0.1, -0.05) is 56.7 Å². The quantitative estimate of drug-likeness (QED) is 0.672. The normalized spacial score (nSPS) is 38.0. The second kappa shape index (κ2) is 9.42. The Labute approximate surface area is 159 Å². The maximum absolute atomic E-state index is 12.2. The average molecular weight is 386 g/mol. The number of rotatable bonds is 1. The number of carbonyl (C=O) groups is 2. The van der Waals surface area contributed by atoms with E-state index >= 15 is 0 Å². The van der Waals surface area contributed by atoms with Crippen molar-refractivity contribution in [3.63, 3.8) is 0 Å². The zero-order valence-corrected chi connectivity index (χ0v) is 16.2. The summed E-state index contributed by atoms with van der Waals surface area (Å²) in [7, 11) is 0. The van der Waals surface area contributed by atoms with E-state index < -0.39 is 11.8 Å². The van der Waals surface area contributed by atoms with Crippen LogP contribution in [0, 0.1) is 0 Å². The van der Waals surface area contributed by atoms with Crippen LogP contribution in [0.1, 0.15) is 77.0 Å². The minimum atomic E-state index is -1.46. The topological polar surface area (TPSA) is 84.9 Å². The monoisotopic (exact) mass is 385 g/mol. The molecule has 0 aromatic heterocycles. The maximum atomic E-state index is 12.2. The first-order chi connectivity index (χ1) is 12.5. The Hall–Kier alpha value is -0.790. The van der Waals surface area contributed by atoms with Gasteiger partial charge in [0.15, 0.2) is 5.79 Å². The molecule has 148 valence electrons. The minimum absolute atomic E-state index is 0.138. The molecule has 26 heavy (non-hydrogen) atoms. The summed E-state index contributed by atoms with van der Waals surface area (Å²) in [5.74, 6) is -1.17. The number of esters is 1.